The van der Waals surface area contributed by atoms with E-state index in [1.807, 2.05) is 31.2 Å². The number of rotatable bonds is 9. The number of ether oxygens (including phenoxy) is 2. The van der Waals surface area contributed by atoms with E-state index in [1.54, 1.807) is 31.2 Å². The van der Waals surface area contributed by atoms with Crippen LogP contribution in [0.15, 0.2) is 54.6 Å². The molecule has 0 fully saturated rings. The van der Waals surface area contributed by atoms with Crippen molar-refractivity contribution in [3.05, 3.63) is 75.8 Å². The molecule has 1 heterocycles. The highest BCUT2D eigenvalue weighted by Crippen LogP contribution is 2.21. The predicted octanol–water partition coefficient (Wildman–Crippen LogP) is 3.57. The van der Waals surface area contributed by atoms with Gasteiger partial charge < -0.3 is 14.8 Å². The number of nitro benzene ring substituents is 1. The van der Waals surface area contributed by atoms with Gasteiger partial charge in [-0.05, 0) is 50.2 Å². The van der Waals surface area contributed by atoms with Crippen molar-refractivity contribution in [1.29, 1.82) is 0 Å². The number of nitrogens with one attached hydrogen (secondary N) is 1. The molecular formula is C22H22N4O5. The van der Waals surface area contributed by atoms with Gasteiger partial charge in [0.15, 0.2) is 0 Å². The summed E-state index contributed by atoms with van der Waals surface area (Å²) in [6, 6.07) is 15.4. The lowest BCUT2D eigenvalue weighted by atomic mass is 10.1. The van der Waals surface area contributed by atoms with Crippen molar-refractivity contribution in [3.63, 3.8) is 0 Å². The molecule has 0 aliphatic heterocycles. The highest BCUT2D eigenvalue weighted by molar-refractivity contribution is 5.94. The molecule has 1 amide bonds. The van der Waals surface area contributed by atoms with Crippen molar-refractivity contribution in [2.45, 2.75) is 13.8 Å². The molecule has 0 saturated carbocycles. The smallest absolute Gasteiger partial charge is 0.273 e. The first-order valence-corrected chi connectivity index (χ1v) is 9.71. The summed E-state index contributed by atoms with van der Waals surface area (Å²) in [5.41, 5.74) is 2.23. The Morgan fingerprint density at radius 2 is 1.84 bits per heavy atom. The Morgan fingerprint density at radius 3 is 2.48 bits per heavy atom. The zero-order valence-electron chi connectivity index (χ0n) is 17.2. The Labute approximate surface area is 179 Å². The van der Waals surface area contributed by atoms with Gasteiger partial charge >= 0.3 is 0 Å². The van der Waals surface area contributed by atoms with Crippen LogP contribution in [-0.2, 0) is 0 Å². The van der Waals surface area contributed by atoms with Gasteiger partial charge in [0.05, 0.1) is 23.8 Å². The first-order valence-electron chi connectivity index (χ1n) is 9.71. The van der Waals surface area contributed by atoms with Crippen LogP contribution in [0.4, 0.5) is 5.69 Å². The number of hydrogen-bond donors (Lipinski definition) is 1. The highest BCUT2D eigenvalue weighted by Gasteiger charge is 2.14. The lowest BCUT2D eigenvalue weighted by Gasteiger charge is -2.08. The van der Waals surface area contributed by atoms with Crippen molar-refractivity contribution < 1.29 is 19.2 Å². The van der Waals surface area contributed by atoms with E-state index in [-0.39, 0.29) is 24.4 Å². The molecule has 0 unspecified atom stereocenters. The maximum Gasteiger partial charge on any atom is 0.273 e. The number of aryl methyl sites for hydroxylation is 1. The normalized spacial score (nSPS) is 10.4. The van der Waals surface area contributed by atoms with Crippen molar-refractivity contribution >= 4 is 11.6 Å². The van der Waals surface area contributed by atoms with Crippen LogP contribution in [0.25, 0.3) is 11.3 Å². The Kier molecular flexibility index (Phi) is 7.10. The summed E-state index contributed by atoms with van der Waals surface area (Å²) in [6.45, 7) is 4.55. The van der Waals surface area contributed by atoms with E-state index in [4.69, 9.17) is 9.47 Å². The van der Waals surface area contributed by atoms with Gasteiger partial charge in [0.25, 0.3) is 11.6 Å². The number of carbonyl (C=O) groups is 1. The van der Waals surface area contributed by atoms with Gasteiger partial charge in [-0.25, -0.2) is 0 Å². The van der Waals surface area contributed by atoms with E-state index in [0.29, 0.717) is 23.7 Å². The Morgan fingerprint density at radius 1 is 1.06 bits per heavy atom. The van der Waals surface area contributed by atoms with Crippen molar-refractivity contribution in [2.24, 2.45) is 0 Å². The van der Waals surface area contributed by atoms with E-state index in [0.717, 1.165) is 11.3 Å². The number of hydrogen-bond acceptors (Lipinski definition) is 7. The molecule has 3 rings (SSSR count). The molecule has 0 bridgehead atoms. The fourth-order valence-electron chi connectivity index (χ4n) is 2.81. The minimum Gasteiger partial charge on any atom is -0.494 e. The average molecular weight is 422 g/mol. The van der Waals surface area contributed by atoms with Gasteiger partial charge in [-0.3, -0.25) is 14.9 Å². The minimum absolute atomic E-state index is 0.0909. The lowest BCUT2D eigenvalue weighted by Crippen LogP contribution is -2.28. The van der Waals surface area contributed by atoms with Crippen LogP contribution in [0.2, 0.25) is 0 Å². The zero-order chi connectivity index (χ0) is 22.2. The van der Waals surface area contributed by atoms with E-state index in [2.05, 4.69) is 15.5 Å². The topological polar surface area (TPSA) is 116 Å². The van der Waals surface area contributed by atoms with Gasteiger partial charge in [0.1, 0.15) is 12.4 Å². The number of amides is 1. The molecule has 2 aromatic carbocycles. The molecular weight excluding hydrogens is 400 g/mol. The molecule has 0 radical (unpaired) electrons. The van der Waals surface area contributed by atoms with E-state index in [1.165, 1.54) is 6.07 Å². The third kappa shape index (κ3) is 5.75. The quantitative estimate of drug-likeness (QED) is 0.318. The van der Waals surface area contributed by atoms with Gasteiger partial charge in [0, 0.05) is 28.8 Å². The van der Waals surface area contributed by atoms with E-state index in [9.17, 15) is 14.9 Å². The van der Waals surface area contributed by atoms with Crippen molar-refractivity contribution in [2.75, 3.05) is 19.8 Å². The van der Waals surface area contributed by atoms with Crippen LogP contribution in [0, 0.1) is 17.0 Å². The van der Waals surface area contributed by atoms with E-state index < -0.39 is 10.8 Å². The molecule has 160 valence electrons. The SMILES string of the molecule is CCOc1ccc(-c2ccc(OCCNC(=O)c3ccc(C)c([N+](=O)[O-])c3)nn2)cc1. The zero-order valence-corrected chi connectivity index (χ0v) is 17.2. The fraction of sp³-hybridized carbons (Fsp3) is 0.227. The number of nitrogens with zero attached hydrogens (tertiary/aromatic N) is 3. The summed E-state index contributed by atoms with van der Waals surface area (Å²) in [4.78, 5) is 22.7. The van der Waals surface area contributed by atoms with Crippen LogP contribution in [0.1, 0.15) is 22.8 Å². The van der Waals surface area contributed by atoms with Crippen LogP contribution in [-0.4, -0.2) is 40.8 Å². The summed E-state index contributed by atoms with van der Waals surface area (Å²) < 4.78 is 10.9. The average Bonchev–Trinajstić information content (AvgIpc) is 2.78. The molecule has 9 nitrogen and oxygen atoms in total. The predicted molar refractivity (Wildman–Crippen MR) is 114 cm³/mol. The third-order valence-electron chi connectivity index (χ3n) is 4.41. The van der Waals surface area contributed by atoms with Crippen LogP contribution in [0.3, 0.4) is 0 Å². The second kappa shape index (κ2) is 10.1. The van der Waals surface area contributed by atoms with Gasteiger partial charge in [0.2, 0.25) is 5.88 Å². The van der Waals surface area contributed by atoms with Crippen molar-refractivity contribution in [3.8, 4) is 22.9 Å². The van der Waals surface area contributed by atoms with Crippen LogP contribution >= 0.6 is 0 Å². The second-order valence-corrected chi connectivity index (χ2v) is 6.58. The molecule has 9 heteroatoms. The number of benzene rings is 2. The largest absolute Gasteiger partial charge is 0.494 e. The third-order valence-corrected chi connectivity index (χ3v) is 4.41. The standard InChI is InChI=1S/C22H22N4O5/c1-3-30-18-8-6-16(7-9-18)19-10-11-21(25-24-19)31-13-12-23-22(27)17-5-4-15(2)20(14-17)26(28)29/h4-11,14H,3,12-13H2,1-2H3,(H,23,27). The molecule has 0 aliphatic rings. The maximum atomic E-state index is 12.2. The Balaban J connectivity index is 1.49. The van der Waals surface area contributed by atoms with Gasteiger partial charge in [-0.1, -0.05) is 6.07 Å². The highest BCUT2D eigenvalue weighted by atomic mass is 16.6. The lowest BCUT2D eigenvalue weighted by molar-refractivity contribution is -0.385. The summed E-state index contributed by atoms with van der Waals surface area (Å²) in [6.07, 6.45) is 0. The molecule has 0 aliphatic carbocycles. The summed E-state index contributed by atoms with van der Waals surface area (Å²) in [5.74, 6) is 0.708. The number of nitro groups is 1. The van der Waals surface area contributed by atoms with Crippen molar-refractivity contribution in [1.82, 2.24) is 15.5 Å². The Hall–Kier alpha value is -4.01. The summed E-state index contributed by atoms with van der Waals surface area (Å²) in [5, 5.41) is 21.9. The monoisotopic (exact) mass is 422 g/mol. The molecule has 0 saturated heterocycles. The van der Waals surface area contributed by atoms with Crippen LogP contribution < -0.4 is 14.8 Å². The summed E-state index contributed by atoms with van der Waals surface area (Å²) >= 11 is 0. The van der Waals surface area contributed by atoms with Crippen LogP contribution in [0.5, 0.6) is 11.6 Å². The van der Waals surface area contributed by atoms with Gasteiger partial charge in [-0.15, -0.1) is 10.2 Å². The maximum absolute atomic E-state index is 12.2. The Bertz CT molecular complexity index is 1050. The molecule has 0 atom stereocenters. The molecule has 1 N–H and O–H groups in total. The van der Waals surface area contributed by atoms with Gasteiger partial charge in [-0.2, -0.15) is 0 Å². The fourth-order valence-corrected chi connectivity index (χ4v) is 2.81. The summed E-state index contributed by atoms with van der Waals surface area (Å²) in [7, 11) is 0. The molecule has 1 aromatic heterocycles. The first-order chi connectivity index (χ1) is 15.0. The number of aromatic nitrogens is 2. The second-order valence-electron chi connectivity index (χ2n) is 6.58. The molecule has 0 spiro atoms. The number of carbonyl (C=O) groups excluding carboxylic acids is 1. The minimum atomic E-state index is -0.509. The molecule has 3 aromatic rings. The molecule has 31 heavy (non-hydrogen) atoms. The first kappa shape index (κ1) is 21.7. The van der Waals surface area contributed by atoms with E-state index >= 15 is 0 Å².